The highest BCUT2D eigenvalue weighted by molar-refractivity contribution is 5.76. The van der Waals surface area contributed by atoms with Crippen molar-refractivity contribution in [2.45, 2.75) is 38.0 Å². The molecule has 0 spiro atoms. The summed E-state index contributed by atoms with van der Waals surface area (Å²) in [6, 6.07) is 3.22. The van der Waals surface area contributed by atoms with Gasteiger partial charge in [0.15, 0.2) is 6.61 Å². The fourth-order valence-corrected chi connectivity index (χ4v) is 2.22. The van der Waals surface area contributed by atoms with Crippen molar-refractivity contribution in [3.63, 3.8) is 0 Å². The van der Waals surface area contributed by atoms with E-state index < -0.39 is 12.8 Å². The SMILES string of the molecule is O=C(CC1CCCN1)NCc1ccnc(OCC(F)(F)F)c1. The summed E-state index contributed by atoms with van der Waals surface area (Å²) in [5, 5.41) is 5.97. The minimum atomic E-state index is -4.40. The van der Waals surface area contributed by atoms with Crippen LogP contribution in [-0.2, 0) is 11.3 Å². The topological polar surface area (TPSA) is 63.2 Å². The third-order valence-corrected chi connectivity index (χ3v) is 3.27. The fraction of sp³-hybridized carbons (Fsp3) is 0.571. The van der Waals surface area contributed by atoms with Crippen molar-refractivity contribution in [3.05, 3.63) is 23.9 Å². The lowest BCUT2D eigenvalue weighted by molar-refractivity contribution is -0.154. The van der Waals surface area contributed by atoms with Gasteiger partial charge in [-0.25, -0.2) is 4.98 Å². The molecule has 1 unspecified atom stereocenters. The van der Waals surface area contributed by atoms with Crippen LogP contribution in [0.15, 0.2) is 18.3 Å². The second-order valence-corrected chi connectivity index (χ2v) is 5.18. The quantitative estimate of drug-likeness (QED) is 0.839. The van der Waals surface area contributed by atoms with Crippen molar-refractivity contribution < 1.29 is 22.7 Å². The van der Waals surface area contributed by atoms with Crippen molar-refractivity contribution in [2.24, 2.45) is 0 Å². The van der Waals surface area contributed by atoms with Crippen LogP contribution in [0.5, 0.6) is 5.88 Å². The number of ether oxygens (including phenoxy) is 1. The zero-order chi connectivity index (χ0) is 16.0. The van der Waals surface area contributed by atoms with Crippen LogP contribution >= 0.6 is 0 Å². The summed E-state index contributed by atoms with van der Waals surface area (Å²) < 4.78 is 40.8. The molecular weight excluding hydrogens is 299 g/mol. The van der Waals surface area contributed by atoms with Gasteiger partial charge in [0.25, 0.3) is 0 Å². The Labute approximate surface area is 126 Å². The molecule has 1 aliphatic rings. The van der Waals surface area contributed by atoms with Crippen LogP contribution in [0.3, 0.4) is 0 Å². The van der Waals surface area contributed by atoms with Gasteiger partial charge in [0.05, 0.1) is 0 Å². The Kier molecular flexibility index (Phi) is 5.59. The Bertz CT molecular complexity index is 502. The number of rotatable bonds is 6. The molecule has 0 bridgehead atoms. The number of hydrogen-bond acceptors (Lipinski definition) is 4. The van der Waals surface area contributed by atoms with Crippen LogP contribution in [0.1, 0.15) is 24.8 Å². The fourth-order valence-electron chi connectivity index (χ4n) is 2.22. The maximum atomic E-state index is 12.1. The molecule has 5 nitrogen and oxygen atoms in total. The van der Waals surface area contributed by atoms with Gasteiger partial charge < -0.3 is 15.4 Å². The molecule has 1 aromatic rings. The van der Waals surface area contributed by atoms with E-state index in [0.717, 1.165) is 19.4 Å². The summed E-state index contributed by atoms with van der Waals surface area (Å²) in [5.41, 5.74) is 0.639. The van der Waals surface area contributed by atoms with E-state index in [1.165, 1.54) is 12.3 Å². The van der Waals surface area contributed by atoms with E-state index in [-0.39, 0.29) is 24.4 Å². The van der Waals surface area contributed by atoms with Crippen molar-refractivity contribution in [3.8, 4) is 5.88 Å². The van der Waals surface area contributed by atoms with E-state index >= 15 is 0 Å². The van der Waals surface area contributed by atoms with E-state index in [2.05, 4.69) is 20.4 Å². The zero-order valence-electron chi connectivity index (χ0n) is 11.9. The minimum Gasteiger partial charge on any atom is -0.468 e. The molecule has 1 atom stereocenters. The molecule has 1 aliphatic heterocycles. The van der Waals surface area contributed by atoms with Crippen molar-refractivity contribution >= 4 is 5.91 Å². The van der Waals surface area contributed by atoms with Crippen LogP contribution in [0.2, 0.25) is 0 Å². The van der Waals surface area contributed by atoms with Gasteiger partial charge in [-0.1, -0.05) is 0 Å². The lowest BCUT2D eigenvalue weighted by atomic mass is 10.1. The molecule has 2 rings (SSSR count). The smallest absolute Gasteiger partial charge is 0.422 e. The third kappa shape index (κ3) is 5.88. The van der Waals surface area contributed by atoms with E-state index in [9.17, 15) is 18.0 Å². The van der Waals surface area contributed by atoms with E-state index in [4.69, 9.17) is 0 Å². The first kappa shape index (κ1) is 16.5. The van der Waals surface area contributed by atoms with Gasteiger partial charge in [0, 0.05) is 31.3 Å². The first-order chi connectivity index (χ1) is 10.4. The maximum Gasteiger partial charge on any atom is 0.422 e. The maximum absolute atomic E-state index is 12.1. The Morgan fingerprint density at radius 1 is 1.50 bits per heavy atom. The molecule has 0 radical (unpaired) electrons. The highest BCUT2D eigenvalue weighted by Crippen LogP contribution is 2.17. The van der Waals surface area contributed by atoms with E-state index in [1.807, 2.05) is 0 Å². The summed E-state index contributed by atoms with van der Waals surface area (Å²) in [7, 11) is 0. The first-order valence-corrected chi connectivity index (χ1v) is 7.07. The van der Waals surface area contributed by atoms with Crippen molar-refractivity contribution in [1.29, 1.82) is 0 Å². The van der Waals surface area contributed by atoms with Crippen LogP contribution in [0.4, 0.5) is 13.2 Å². The van der Waals surface area contributed by atoms with Crippen LogP contribution < -0.4 is 15.4 Å². The van der Waals surface area contributed by atoms with Crippen molar-refractivity contribution in [1.82, 2.24) is 15.6 Å². The van der Waals surface area contributed by atoms with Gasteiger partial charge in [-0.05, 0) is 31.0 Å². The number of amides is 1. The molecule has 122 valence electrons. The average Bonchev–Trinajstić information content (AvgIpc) is 2.96. The Balaban J connectivity index is 1.78. The largest absolute Gasteiger partial charge is 0.468 e. The predicted octanol–water partition coefficient (Wildman–Crippen LogP) is 1.78. The van der Waals surface area contributed by atoms with Gasteiger partial charge in [-0.2, -0.15) is 13.2 Å². The summed E-state index contributed by atoms with van der Waals surface area (Å²) in [4.78, 5) is 15.5. The number of carbonyl (C=O) groups excluding carboxylic acids is 1. The summed E-state index contributed by atoms with van der Waals surface area (Å²) in [6.45, 7) is -0.220. The molecule has 22 heavy (non-hydrogen) atoms. The summed E-state index contributed by atoms with van der Waals surface area (Å²) in [5.74, 6) is -0.199. The lowest BCUT2D eigenvalue weighted by Crippen LogP contribution is -2.31. The number of carbonyl (C=O) groups is 1. The van der Waals surface area contributed by atoms with E-state index in [0.29, 0.717) is 12.0 Å². The van der Waals surface area contributed by atoms with Crippen LogP contribution in [-0.4, -0.2) is 36.3 Å². The van der Waals surface area contributed by atoms with Gasteiger partial charge in [-0.15, -0.1) is 0 Å². The van der Waals surface area contributed by atoms with Gasteiger partial charge in [0.2, 0.25) is 11.8 Å². The molecular formula is C14H18F3N3O2. The third-order valence-electron chi connectivity index (χ3n) is 3.27. The van der Waals surface area contributed by atoms with Gasteiger partial charge in [-0.3, -0.25) is 4.79 Å². The highest BCUT2D eigenvalue weighted by atomic mass is 19.4. The molecule has 0 saturated carbocycles. The molecule has 1 aromatic heterocycles. The number of nitrogens with zero attached hydrogens (tertiary/aromatic N) is 1. The lowest BCUT2D eigenvalue weighted by Gasteiger charge is -2.11. The Hall–Kier alpha value is -1.83. The normalized spacial score (nSPS) is 18.2. The predicted molar refractivity (Wildman–Crippen MR) is 73.3 cm³/mol. The molecule has 0 aromatic carbocycles. The molecule has 2 N–H and O–H groups in total. The molecule has 2 heterocycles. The molecule has 8 heteroatoms. The second-order valence-electron chi connectivity index (χ2n) is 5.18. The molecule has 1 amide bonds. The van der Waals surface area contributed by atoms with Gasteiger partial charge in [0.1, 0.15) is 0 Å². The first-order valence-electron chi connectivity index (χ1n) is 7.07. The molecule has 1 saturated heterocycles. The number of halogens is 3. The van der Waals surface area contributed by atoms with Crippen LogP contribution in [0.25, 0.3) is 0 Å². The Morgan fingerprint density at radius 3 is 3.00 bits per heavy atom. The average molecular weight is 317 g/mol. The summed E-state index contributed by atoms with van der Waals surface area (Å²) >= 11 is 0. The zero-order valence-corrected chi connectivity index (χ0v) is 11.9. The second kappa shape index (κ2) is 7.44. The standard InChI is InChI=1S/C14H18F3N3O2/c15-14(16,17)9-22-13-6-10(3-5-19-13)8-20-12(21)7-11-2-1-4-18-11/h3,5-6,11,18H,1-2,4,7-9H2,(H,20,21). The Morgan fingerprint density at radius 2 is 2.32 bits per heavy atom. The van der Waals surface area contributed by atoms with E-state index in [1.54, 1.807) is 6.07 Å². The number of aromatic nitrogens is 1. The number of hydrogen-bond donors (Lipinski definition) is 2. The van der Waals surface area contributed by atoms with Crippen LogP contribution in [0, 0.1) is 0 Å². The molecule has 1 fully saturated rings. The number of nitrogens with one attached hydrogen (secondary N) is 2. The van der Waals surface area contributed by atoms with Crippen molar-refractivity contribution in [2.75, 3.05) is 13.2 Å². The number of alkyl halides is 3. The van der Waals surface area contributed by atoms with Gasteiger partial charge >= 0.3 is 6.18 Å². The number of pyridine rings is 1. The minimum absolute atomic E-state index is 0.0889. The summed E-state index contributed by atoms with van der Waals surface area (Å²) in [6.07, 6.45) is -0.589. The highest BCUT2D eigenvalue weighted by Gasteiger charge is 2.28. The monoisotopic (exact) mass is 317 g/mol. The molecule has 0 aliphatic carbocycles.